The van der Waals surface area contributed by atoms with E-state index >= 15 is 0 Å². The van der Waals surface area contributed by atoms with E-state index in [1.54, 1.807) is 48.1 Å². The van der Waals surface area contributed by atoms with Gasteiger partial charge in [0.15, 0.2) is 23.2 Å². The third-order valence-electron chi connectivity index (χ3n) is 7.63. The van der Waals surface area contributed by atoms with Crippen LogP contribution in [0, 0.1) is 35.6 Å². The number of hydrogen-bond donors (Lipinski definition) is 0. The molecule has 1 unspecified atom stereocenters. The van der Waals surface area contributed by atoms with Gasteiger partial charge in [-0.3, -0.25) is 9.78 Å². The van der Waals surface area contributed by atoms with Crippen molar-refractivity contribution in [3.63, 3.8) is 0 Å². The summed E-state index contributed by atoms with van der Waals surface area (Å²) in [5, 5.41) is 4.45. The lowest BCUT2D eigenvalue weighted by Gasteiger charge is -2.44. The number of carbonyl (C=O) groups is 1. The number of pyridine rings is 1. The Hall–Kier alpha value is -4.16. The second-order valence-corrected chi connectivity index (χ2v) is 12.1. The Labute approximate surface area is 232 Å². The molecule has 2 aliphatic rings. The molecule has 1 aliphatic heterocycles. The highest BCUT2D eigenvalue weighted by molar-refractivity contribution is 7.89. The number of piperidine rings is 1. The Bertz CT molecular complexity index is 1830. The molecule has 1 atom stereocenters. The van der Waals surface area contributed by atoms with Gasteiger partial charge in [0.2, 0.25) is 10.0 Å². The zero-order chi connectivity index (χ0) is 29.1. The molecule has 1 aliphatic carbocycles. The van der Waals surface area contributed by atoms with Gasteiger partial charge in [0, 0.05) is 19.3 Å². The minimum absolute atomic E-state index is 0.0714. The molecule has 0 spiro atoms. The normalized spacial score (nSPS) is 18.9. The Kier molecular flexibility index (Phi) is 6.42. The summed E-state index contributed by atoms with van der Waals surface area (Å²) in [6.07, 6.45) is 5.05. The third-order valence-corrected chi connectivity index (χ3v) is 9.45. The average Bonchev–Trinajstić information content (AvgIpc) is 3.36. The molecule has 3 heterocycles. The Morgan fingerprint density at radius 2 is 1.71 bits per heavy atom. The molecular weight excluding hydrogens is 560 g/mol. The standard InChI is InChI=1S/C29H22F4N4O3S/c1-17-6-8-34-25(10-17)28(38)29-14-18-15-35-37(21-4-2-20(30)3-5-21)26(18)11-19(29)7-9-36(16-29)41(39,40)22-12-23(31)27(33)24(32)13-22/h2-6,8,10-13,15H,7,9,14,16H2,1H3. The molecule has 1 fully saturated rings. The summed E-state index contributed by atoms with van der Waals surface area (Å²) in [5.41, 5.74) is 2.09. The van der Waals surface area contributed by atoms with Gasteiger partial charge in [-0.25, -0.2) is 30.7 Å². The first kappa shape index (κ1) is 27.0. The second-order valence-electron chi connectivity index (χ2n) is 10.2. The number of aryl methyl sites for hydroxylation is 1. The first-order valence-corrected chi connectivity index (χ1v) is 14.1. The van der Waals surface area contributed by atoms with Crippen molar-refractivity contribution >= 4 is 21.9 Å². The number of rotatable bonds is 5. The highest BCUT2D eigenvalue weighted by atomic mass is 32.2. The zero-order valence-electron chi connectivity index (χ0n) is 21.6. The van der Waals surface area contributed by atoms with Gasteiger partial charge in [0.1, 0.15) is 11.5 Å². The number of nitrogens with zero attached hydrogens (tertiary/aromatic N) is 4. The number of ketones is 1. The van der Waals surface area contributed by atoms with Gasteiger partial charge in [-0.2, -0.15) is 9.40 Å². The molecule has 2 aromatic heterocycles. The smallest absolute Gasteiger partial charge is 0.243 e. The molecule has 6 rings (SSSR count). The minimum Gasteiger partial charge on any atom is -0.291 e. The molecule has 2 aromatic carbocycles. The van der Waals surface area contributed by atoms with E-state index in [4.69, 9.17) is 0 Å². The Balaban J connectivity index is 1.46. The van der Waals surface area contributed by atoms with Gasteiger partial charge in [0.05, 0.1) is 27.9 Å². The van der Waals surface area contributed by atoms with Gasteiger partial charge in [-0.1, -0.05) is 5.57 Å². The summed E-state index contributed by atoms with van der Waals surface area (Å²) < 4.78 is 84.9. The van der Waals surface area contributed by atoms with Gasteiger partial charge < -0.3 is 0 Å². The van der Waals surface area contributed by atoms with Gasteiger partial charge >= 0.3 is 0 Å². The number of halogens is 4. The molecule has 0 saturated carbocycles. The van der Waals surface area contributed by atoms with Crippen molar-refractivity contribution in [1.82, 2.24) is 19.1 Å². The van der Waals surface area contributed by atoms with E-state index in [2.05, 4.69) is 10.1 Å². The zero-order valence-corrected chi connectivity index (χ0v) is 22.4. The van der Waals surface area contributed by atoms with Crippen molar-refractivity contribution < 1.29 is 30.8 Å². The highest BCUT2D eigenvalue weighted by Gasteiger charge is 2.51. The molecular formula is C29H22F4N4O3S. The van der Waals surface area contributed by atoms with Crippen LogP contribution >= 0.6 is 0 Å². The maximum atomic E-state index is 14.2. The fraction of sp³-hybridized carbons (Fsp3) is 0.207. The van der Waals surface area contributed by atoms with Crippen molar-refractivity contribution in [3.05, 3.63) is 112 Å². The van der Waals surface area contributed by atoms with Gasteiger partial charge in [-0.05, 0) is 85.5 Å². The van der Waals surface area contributed by atoms with Crippen LogP contribution in [0.5, 0.6) is 0 Å². The number of benzene rings is 2. The van der Waals surface area contributed by atoms with E-state index in [-0.39, 0.29) is 31.6 Å². The van der Waals surface area contributed by atoms with Crippen molar-refractivity contribution in [3.8, 4) is 5.69 Å². The number of aromatic nitrogens is 3. The maximum absolute atomic E-state index is 14.2. The van der Waals surface area contributed by atoms with Crippen molar-refractivity contribution in [2.75, 3.05) is 13.1 Å². The molecule has 0 N–H and O–H groups in total. The van der Waals surface area contributed by atoms with E-state index in [1.807, 2.05) is 0 Å². The van der Waals surface area contributed by atoms with Crippen LogP contribution in [-0.4, -0.2) is 46.4 Å². The van der Waals surface area contributed by atoms with E-state index in [1.165, 1.54) is 18.3 Å². The number of carbonyl (C=O) groups excluding carboxylic acids is 1. The van der Waals surface area contributed by atoms with Crippen LogP contribution in [0.1, 0.15) is 33.7 Å². The summed E-state index contributed by atoms with van der Waals surface area (Å²) in [4.78, 5) is 17.7. The average molecular weight is 583 g/mol. The van der Waals surface area contributed by atoms with Crippen molar-refractivity contribution in [2.45, 2.75) is 24.7 Å². The molecule has 4 aromatic rings. The fourth-order valence-electron chi connectivity index (χ4n) is 5.54. The number of fused-ring (bicyclic) bond motifs is 2. The summed E-state index contributed by atoms with van der Waals surface area (Å²) in [7, 11) is -4.53. The van der Waals surface area contributed by atoms with Gasteiger partial charge in [-0.15, -0.1) is 0 Å². The third kappa shape index (κ3) is 4.47. The summed E-state index contributed by atoms with van der Waals surface area (Å²) in [5.74, 6) is -5.86. The van der Waals surface area contributed by atoms with Gasteiger partial charge in [0.25, 0.3) is 0 Å². The molecule has 12 heteroatoms. The monoisotopic (exact) mass is 582 g/mol. The molecule has 1 saturated heterocycles. The predicted octanol–water partition coefficient (Wildman–Crippen LogP) is 5.04. The highest BCUT2D eigenvalue weighted by Crippen LogP contribution is 2.47. The predicted molar refractivity (Wildman–Crippen MR) is 141 cm³/mol. The lowest BCUT2D eigenvalue weighted by atomic mass is 9.65. The summed E-state index contributed by atoms with van der Waals surface area (Å²) >= 11 is 0. The van der Waals surface area contributed by atoms with E-state index in [0.29, 0.717) is 34.7 Å². The lowest BCUT2D eigenvalue weighted by Crippen LogP contribution is -2.53. The van der Waals surface area contributed by atoms with Crippen LogP contribution in [0.4, 0.5) is 17.6 Å². The molecule has 7 nitrogen and oxygen atoms in total. The molecule has 0 radical (unpaired) electrons. The van der Waals surface area contributed by atoms with E-state index in [9.17, 15) is 30.8 Å². The lowest BCUT2D eigenvalue weighted by molar-refractivity contribution is 0.0770. The van der Waals surface area contributed by atoms with Crippen LogP contribution in [0.25, 0.3) is 11.8 Å². The van der Waals surface area contributed by atoms with Crippen LogP contribution in [0.15, 0.2) is 71.4 Å². The first-order valence-electron chi connectivity index (χ1n) is 12.7. The van der Waals surface area contributed by atoms with Crippen LogP contribution in [-0.2, 0) is 16.4 Å². The first-order chi connectivity index (χ1) is 19.5. The number of hydrogen-bond acceptors (Lipinski definition) is 5. The Morgan fingerprint density at radius 1 is 1.00 bits per heavy atom. The number of Topliss-reactive ketones (excluding diaryl/α,β-unsaturated/α-hetero) is 1. The molecule has 0 bridgehead atoms. The molecule has 210 valence electrons. The Morgan fingerprint density at radius 3 is 2.39 bits per heavy atom. The molecule has 41 heavy (non-hydrogen) atoms. The van der Waals surface area contributed by atoms with E-state index in [0.717, 1.165) is 9.87 Å². The van der Waals surface area contributed by atoms with Crippen LogP contribution in [0.3, 0.4) is 0 Å². The summed E-state index contributed by atoms with van der Waals surface area (Å²) in [6.45, 7) is 1.37. The van der Waals surface area contributed by atoms with E-state index < -0.39 is 49.4 Å². The second kappa shape index (κ2) is 9.74. The summed E-state index contributed by atoms with van der Waals surface area (Å²) in [6, 6.07) is 9.96. The van der Waals surface area contributed by atoms with Crippen LogP contribution < -0.4 is 0 Å². The van der Waals surface area contributed by atoms with Crippen LogP contribution in [0.2, 0.25) is 0 Å². The minimum atomic E-state index is -4.53. The number of sulfonamides is 1. The van der Waals surface area contributed by atoms with Crippen molar-refractivity contribution in [2.24, 2.45) is 5.41 Å². The SMILES string of the molecule is Cc1ccnc(C(=O)C23Cc4cnn(-c5ccc(F)cc5)c4C=C2CCN(S(=O)(=O)c2cc(F)c(F)c(F)c2)C3)c1. The fourth-order valence-corrected chi connectivity index (χ4v) is 7.07. The maximum Gasteiger partial charge on any atom is 0.243 e. The molecule has 0 amide bonds. The largest absolute Gasteiger partial charge is 0.291 e. The quantitative estimate of drug-likeness (QED) is 0.187. The van der Waals surface area contributed by atoms with Crippen molar-refractivity contribution in [1.29, 1.82) is 0 Å². The topological polar surface area (TPSA) is 85.2 Å².